The van der Waals surface area contributed by atoms with Gasteiger partial charge in [0, 0.05) is 19.6 Å². The zero-order valence-corrected chi connectivity index (χ0v) is 18.2. The van der Waals surface area contributed by atoms with Crippen LogP contribution in [0, 0.1) is 0 Å². The molecule has 0 aliphatic carbocycles. The lowest BCUT2D eigenvalue weighted by Gasteiger charge is -2.11. The van der Waals surface area contributed by atoms with Gasteiger partial charge in [-0.2, -0.15) is 4.98 Å². The maximum Gasteiger partial charge on any atom is 0.407 e. The Bertz CT molecular complexity index is 1140. The van der Waals surface area contributed by atoms with Gasteiger partial charge in [-0.15, -0.1) is 0 Å². The summed E-state index contributed by atoms with van der Waals surface area (Å²) < 4.78 is 7.78. The number of imidazole rings is 1. The number of carbonyl (C=O) groups excluding carboxylic acids is 1. The van der Waals surface area contributed by atoms with Crippen LogP contribution >= 0.6 is 11.6 Å². The Labute approximate surface area is 184 Å². The van der Waals surface area contributed by atoms with Crippen LogP contribution in [0.2, 0.25) is 5.28 Å². The lowest BCUT2D eigenvalue weighted by Crippen LogP contribution is -2.41. The molecule has 3 aromatic rings. The number of amides is 1. The maximum absolute atomic E-state index is 12.9. The van der Waals surface area contributed by atoms with Crippen LogP contribution in [-0.2, 0) is 24.4 Å². The molecular weight excluding hydrogens is 422 g/mol. The van der Waals surface area contributed by atoms with Gasteiger partial charge >= 0.3 is 11.8 Å². The number of H-pyrrole nitrogens is 1. The number of aromatic nitrogens is 4. The van der Waals surface area contributed by atoms with E-state index in [1.807, 2.05) is 30.3 Å². The van der Waals surface area contributed by atoms with E-state index in [1.165, 1.54) is 4.57 Å². The predicted molar refractivity (Wildman–Crippen MR) is 118 cm³/mol. The summed E-state index contributed by atoms with van der Waals surface area (Å²) in [5, 5.41) is 2.70. The van der Waals surface area contributed by atoms with Crippen LogP contribution in [0.4, 0.5) is 4.79 Å². The van der Waals surface area contributed by atoms with Gasteiger partial charge in [0.25, 0.3) is 5.56 Å². The molecule has 0 saturated carbocycles. The van der Waals surface area contributed by atoms with Crippen molar-refractivity contribution in [1.29, 1.82) is 0 Å². The van der Waals surface area contributed by atoms with Gasteiger partial charge in [0.2, 0.25) is 5.28 Å². The molecular formula is C21H26ClN5O4. The van der Waals surface area contributed by atoms with Crippen molar-refractivity contribution < 1.29 is 9.53 Å². The van der Waals surface area contributed by atoms with Crippen molar-refractivity contribution in [2.75, 3.05) is 6.54 Å². The Morgan fingerprint density at radius 3 is 2.61 bits per heavy atom. The molecule has 0 bridgehead atoms. The van der Waals surface area contributed by atoms with Crippen molar-refractivity contribution in [3.63, 3.8) is 0 Å². The monoisotopic (exact) mass is 447 g/mol. The summed E-state index contributed by atoms with van der Waals surface area (Å²) >= 11 is 5.94. The molecule has 1 aromatic carbocycles. The fourth-order valence-corrected chi connectivity index (χ4v) is 3.43. The smallest absolute Gasteiger partial charge is 0.407 e. The van der Waals surface area contributed by atoms with Crippen LogP contribution in [0.1, 0.15) is 38.2 Å². The summed E-state index contributed by atoms with van der Waals surface area (Å²) in [5.41, 5.74) is 0.465. The number of rotatable bonds is 10. The number of carbonyl (C=O) groups is 1. The molecule has 0 atom stereocenters. The summed E-state index contributed by atoms with van der Waals surface area (Å²) in [6, 6.07) is 9.35. The van der Waals surface area contributed by atoms with Gasteiger partial charge in [0.1, 0.15) is 6.61 Å². The number of halogens is 1. The molecule has 0 unspecified atom stereocenters. The second kappa shape index (κ2) is 10.8. The third-order valence-corrected chi connectivity index (χ3v) is 5.04. The molecule has 0 aliphatic heterocycles. The highest BCUT2D eigenvalue weighted by Crippen LogP contribution is 2.10. The van der Waals surface area contributed by atoms with Gasteiger partial charge in [-0.1, -0.05) is 50.1 Å². The molecule has 1 amide bonds. The molecule has 10 heteroatoms. The first-order valence-corrected chi connectivity index (χ1v) is 10.7. The van der Waals surface area contributed by atoms with Crippen molar-refractivity contribution in [3.05, 3.63) is 62.0 Å². The molecule has 2 aromatic heterocycles. The molecule has 3 rings (SSSR count). The highest BCUT2D eigenvalue weighted by atomic mass is 35.5. The zero-order valence-electron chi connectivity index (χ0n) is 17.4. The van der Waals surface area contributed by atoms with Crippen molar-refractivity contribution in [2.24, 2.45) is 0 Å². The second-order valence-electron chi connectivity index (χ2n) is 7.17. The molecule has 2 heterocycles. The Morgan fingerprint density at radius 1 is 1.13 bits per heavy atom. The van der Waals surface area contributed by atoms with E-state index in [-0.39, 0.29) is 36.1 Å². The highest BCUT2D eigenvalue weighted by Gasteiger charge is 2.16. The molecule has 31 heavy (non-hydrogen) atoms. The van der Waals surface area contributed by atoms with Crippen molar-refractivity contribution in [2.45, 2.75) is 52.3 Å². The Morgan fingerprint density at radius 2 is 1.87 bits per heavy atom. The van der Waals surface area contributed by atoms with Gasteiger partial charge in [-0.05, 0) is 30.0 Å². The van der Waals surface area contributed by atoms with Gasteiger partial charge in [-0.25, -0.2) is 9.59 Å². The average Bonchev–Trinajstić information content (AvgIpc) is 3.16. The summed E-state index contributed by atoms with van der Waals surface area (Å²) in [6.45, 7) is 3.11. The van der Waals surface area contributed by atoms with E-state index >= 15 is 0 Å². The summed E-state index contributed by atoms with van der Waals surface area (Å²) in [5.74, 6) is 0. The summed E-state index contributed by atoms with van der Waals surface area (Å²) in [6.07, 6.45) is 2.59. The van der Waals surface area contributed by atoms with Crippen LogP contribution in [-0.4, -0.2) is 31.7 Å². The van der Waals surface area contributed by atoms with Crippen LogP contribution in [0.3, 0.4) is 0 Å². The number of hydrogen-bond donors (Lipinski definition) is 2. The molecule has 2 N–H and O–H groups in total. The zero-order chi connectivity index (χ0) is 22.2. The molecule has 0 fully saturated rings. The normalized spacial score (nSPS) is 11.0. The topological polar surface area (TPSA) is 111 Å². The fraction of sp³-hybridized carbons (Fsp3) is 0.429. The Hall–Kier alpha value is -3.07. The minimum Gasteiger partial charge on any atom is -0.445 e. The standard InChI is InChI=1S/C21H26ClN5O4/c1-2-3-7-12-26-17-16(24-19(22)25-17)18(28)27(21(26)30)13-8-11-23-20(29)31-14-15-9-5-4-6-10-15/h4-6,9-10H,2-3,7-8,11-14H2,1H3,(H,23,29)(H,24,25). The summed E-state index contributed by atoms with van der Waals surface area (Å²) in [7, 11) is 0. The number of aromatic amines is 1. The predicted octanol–water partition coefficient (Wildman–Crippen LogP) is 3.05. The van der Waals surface area contributed by atoms with Crippen LogP contribution < -0.4 is 16.6 Å². The lowest BCUT2D eigenvalue weighted by atomic mass is 10.2. The van der Waals surface area contributed by atoms with Gasteiger partial charge in [0.15, 0.2) is 11.2 Å². The fourth-order valence-electron chi connectivity index (χ4n) is 3.26. The number of benzene rings is 1. The lowest BCUT2D eigenvalue weighted by molar-refractivity contribution is 0.139. The van der Waals surface area contributed by atoms with Crippen LogP contribution in [0.25, 0.3) is 11.2 Å². The van der Waals surface area contributed by atoms with E-state index in [4.69, 9.17) is 16.3 Å². The van der Waals surface area contributed by atoms with E-state index < -0.39 is 17.3 Å². The Kier molecular flexibility index (Phi) is 7.88. The minimum atomic E-state index is -0.552. The quantitative estimate of drug-likeness (QED) is 0.366. The molecule has 0 radical (unpaired) electrons. The van der Waals surface area contributed by atoms with Crippen molar-refractivity contribution in [1.82, 2.24) is 24.4 Å². The number of nitrogens with one attached hydrogen (secondary N) is 2. The van der Waals surface area contributed by atoms with E-state index in [2.05, 4.69) is 22.2 Å². The number of alkyl carbamates (subject to hydrolysis) is 1. The molecule has 0 saturated heterocycles. The SMILES string of the molecule is CCCCCn1c(=O)n(CCCNC(=O)OCc2ccccc2)c(=O)c2[nH]c(Cl)nc21. The van der Waals surface area contributed by atoms with Gasteiger partial charge in [0.05, 0.1) is 0 Å². The van der Waals surface area contributed by atoms with Gasteiger partial charge in [-0.3, -0.25) is 13.9 Å². The number of nitrogens with zero attached hydrogens (tertiary/aromatic N) is 3. The van der Waals surface area contributed by atoms with E-state index in [0.717, 1.165) is 29.4 Å². The molecule has 0 spiro atoms. The molecule has 9 nitrogen and oxygen atoms in total. The minimum absolute atomic E-state index is 0.0660. The number of ether oxygens (including phenoxy) is 1. The maximum atomic E-state index is 12.9. The second-order valence-corrected chi connectivity index (χ2v) is 7.52. The first kappa shape index (κ1) is 22.6. The number of fused-ring (bicyclic) bond motifs is 1. The average molecular weight is 448 g/mol. The number of aryl methyl sites for hydroxylation is 1. The molecule has 166 valence electrons. The highest BCUT2D eigenvalue weighted by molar-refractivity contribution is 6.28. The van der Waals surface area contributed by atoms with Crippen LogP contribution in [0.15, 0.2) is 39.9 Å². The Balaban J connectivity index is 1.62. The largest absolute Gasteiger partial charge is 0.445 e. The van der Waals surface area contributed by atoms with Crippen molar-refractivity contribution in [3.8, 4) is 0 Å². The third-order valence-electron chi connectivity index (χ3n) is 4.86. The summed E-state index contributed by atoms with van der Waals surface area (Å²) in [4.78, 5) is 44.3. The third kappa shape index (κ3) is 5.75. The van der Waals surface area contributed by atoms with E-state index in [9.17, 15) is 14.4 Å². The number of unbranched alkanes of at least 4 members (excludes halogenated alkanes) is 2. The van der Waals surface area contributed by atoms with Crippen LogP contribution in [0.5, 0.6) is 0 Å². The first-order valence-electron chi connectivity index (χ1n) is 10.3. The van der Waals surface area contributed by atoms with E-state index in [1.54, 1.807) is 0 Å². The van der Waals surface area contributed by atoms with Gasteiger partial charge < -0.3 is 15.0 Å². The number of hydrogen-bond acceptors (Lipinski definition) is 5. The first-order chi connectivity index (χ1) is 15.0. The van der Waals surface area contributed by atoms with Crippen molar-refractivity contribution >= 4 is 28.9 Å². The van der Waals surface area contributed by atoms with E-state index in [0.29, 0.717) is 13.0 Å². The molecule has 0 aliphatic rings.